The van der Waals surface area contributed by atoms with Crippen LogP contribution in [0.3, 0.4) is 0 Å². The molecule has 1 atom stereocenters. The minimum absolute atomic E-state index is 0.503. The van der Waals surface area contributed by atoms with Crippen molar-refractivity contribution in [1.82, 2.24) is 0 Å². The second kappa shape index (κ2) is 6.20. The van der Waals surface area contributed by atoms with Crippen LogP contribution in [0.2, 0.25) is 5.02 Å². The highest BCUT2D eigenvalue weighted by Crippen LogP contribution is 2.40. The summed E-state index contributed by atoms with van der Waals surface area (Å²) in [5.74, 6) is 1.72. The minimum atomic E-state index is -0.522. The fourth-order valence-corrected chi connectivity index (χ4v) is 3.03. The van der Waals surface area contributed by atoms with Crippen molar-refractivity contribution in [3.8, 4) is 11.5 Å². The Bertz CT molecular complexity index is 471. The Morgan fingerprint density at radius 3 is 2.70 bits per heavy atom. The van der Waals surface area contributed by atoms with Gasteiger partial charge in [0.15, 0.2) is 11.5 Å². The Balaban J connectivity index is 1.73. The molecule has 1 N–H and O–H groups in total. The lowest BCUT2D eigenvalue weighted by atomic mass is 9.91. The first-order valence-electron chi connectivity index (χ1n) is 7.09. The summed E-state index contributed by atoms with van der Waals surface area (Å²) in [4.78, 5) is 0. The number of halogens is 1. The van der Waals surface area contributed by atoms with E-state index in [1.807, 2.05) is 6.07 Å². The first kappa shape index (κ1) is 14.0. The lowest BCUT2D eigenvalue weighted by Crippen LogP contribution is -2.19. The molecule has 0 amide bonds. The summed E-state index contributed by atoms with van der Waals surface area (Å²) in [6, 6.07) is 3.61. The molecule has 0 radical (unpaired) electrons. The highest BCUT2D eigenvalue weighted by Gasteiger charge is 2.22. The first-order valence-corrected chi connectivity index (χ1v) is 7.46. The summed E-state index contributed by atoms with van der Waals surface area (Å²) in [5, 5.41) is 10.9. The van der Waals surface area contributed by atoms with Crippen LogP contribution in [0.25, 0.3) is 0 Å². The molecule has 110 valence electrons. The van der Waals surface area contributed by atoms with Gasteiger partial charge in [0, 0.05) is 13.2 Å². The first-order chi connectivity index (χ1) is 9.74. The zero-order chi connectivity index (χ0) is 13.9. The Hall–Kier alpha value is -0.970. The predicted octanol–water partition coefficient (Wildman–Crippen LogP) is 2.96. The maximum Gasteiger partial charge on any atom is 0.179 e. The molecule has 1 aromatic carbocycles. The molecule has 0 aliphatic carbocycles. The van der Waals surface area contributed by atoms with E-state index in [0.29, 0.717) is 35.7 Å². The van der Waals surface area contributed by atoms with Crippen LogP contribution < -0.4 is 9.47 Å². The summed E-state index contributed by atoms with van der Waals surface area (Å²) in [5.41, 5.74) is 0.797. The van der Waals surface area contributed by atoms with E-state index in [9.17, 15) is 5.11 Å². The van der Waals surface area contributed by atoms with Gasteiger partial charge in [-0.2, -0.15) is 0 Å². The number of rotatable bonds is 3. The fourth-order valence-electron chi connectivity index (χ4n) is 2.76. The summed E-state index contributed by atoms with van der Waals surface area (Å²) >= 11 is 6.20. The number of benzene rings is 1. The lowest BCUT2D eigenvalue weighted by Gasteiger charge is -2.25. The third-order valence-corrected chi connectivity index (χ3v) is 4.18. The number of hydrogen-bond acceptors (Lipinski definition) is 4. The standard InChI is InChI=1S/C15H19ClO4/c16-12-8-11(9-14-15(12)20-6-5-19-14)13(17)7-10-1-3-18-4-2-10/h8-10,13,17H,1-7H2. The molecule has 20 heavy (non-hydrogen) atoms. The number of aliphatic hydroxyl groups is 1. The van der Waals surface area contributed by atoms with E-state index < -0.39 is 6.10 Å². The van der Waals surface area contributed by atoms with E-state index >= 15 is 0 Å². The van der Waals surface area contributed by atoms with Gasteiger partial charge in [0.05, 0.1) is 11.1 Å². The van der Waals surface area contributed by atoms with Crippen LogP contribution in [0, 0.1) is 5.92 Å². The second-order valence-corrected chi connectivity index (χ2v) is 5.74. The van der Waals surface area contributed by atoms with Crippen LogP contribution in [0.15, 0.2) is 12.1 Å². The molecular weight excluding hydrogens is 280 g/mol. The van der Waals surface area contributed by atoms with E-state index in [2.05, 4.69) is 0 Å². The number of ether oxygens (including phenoxy) is 3. The van der Waals surface area contributed by atoms with Crippen molar-refractivity contribution in [2.45, 2.75) is 25.4 Å². The summed E-state index contributed by atoms with van der Waals surface area (Å²) in [7, 11) is 0. The molecule has 5 heteroatoms. The number of aliphatic hydroxyl groups excluding tert-OH is 1. The molecule has 3 rings (SSSR count). The third-order valence-electron chi connectivity index (χ3n) is 3.90. The van der Waals surface area contributed by atoms with Crippen molar-refractivity contribution in [3.05, 3.63) is 22.7 Å². The van der Waals surface area contributed by atoms with Gasteiger partial charge in [-0.25, -0.2) is 0 Å². The van der Waals surface area contributed by atoms with E-state index in [-0.39, 0.29) is 0 Å². The quantitative estimate of drug-likeness (QED) is 0.932. The highest BCUT2D eigenvalue weighted by atomic mass is 35.5. The fraction of sp³-hybridized carbons (Fsp3) is 0.600. The molecule has 1 saturated heterocycles. The Labute approximate surface area is 123 Å². The average Bonchev–Trinajstić information content (AvgIpc) is 2.48. The van der Waals surface area contributed by atoms with Gasteiger partial charge in [0.25, 0.3) is 0 Å². The van der Waals surface area contributed by atoms with Crippen LogP contribution in [0.5, 0.6) is 11.5 Å². The smallest absolute Gasteiger partial charge is 0.179 e. The van der Waals surface area contributed by atoms with E-state index in [1.165, 1.54) is 0 Å². The Morgan fingerprint density at radius 2 is 1.90 bits per heavy atom. The Kier molecular flexibility index (Phi) is 4.34. The molecule has 0 saturated carbocycles. The molecular formula is C15H19ClO4. The third kappa shape index (κ3) is 3.03. The van der Waals surface area contributed by atoms with E-state index in [1.54, 1.807) is 6.07 Å². The Morgan fingerprint density at radius 1 is 1.15 bits per heavy atom. The van der Waals surface area contributed by atoms with Crippen LogP contribution in [-0.2, 0) is 4.74 Å². The molecule has 2 heterocycles. The van der Waals surface area contributed by atoms with Gasteiger partial charge in [0.1, 0.15) is 13.2 Å². The van der Waals surface area contributed by atoms with Crippen LogP contribution in [-0.4, -0.2) is 31.5 Å². The minimum Gasteiger partial charge on any atom is -0.486 e. The molecule has 0 bridgehead atoms. The summed E-state index contributed by atoms with van der Waals surface area (Å²) in [6.07, 6.45) is 2.23. The number of hydrogen-bond donors (Lipinski definition) is 1. The molecule has 1 fully saturated rings. The summed E-state index contributed by atoms with van der Waals surface area (Å²) in [6.45, 7) is 2.61. The van der Waals surface area contributed by atoms with Gasteiger partial charge < -0.3 is 19.3 Å². The molecule has 1 aromatic rings. The van der Waals surface area contributed by atoms with Crippen molar-refractivity contribution < 1.29 is 19.3 Å². The van der Waals surface area contributed by atoms with E-state index in [0.717, 1.165) is 38.0 Å². The maximum atomic E-state index is 10.4. The SMILES string of the molecule is OC(CC1CCOCC1)c1cc(Cl)c2c(c1)OCCO2. The van der Waals surface area contributed by atoms with Crippen LogP contribution in [0.4, 0.5) is 0 Å². The van der Waals surface area contributed by atoms with Crippen LogP contribution in [0.1, 0.15) is 30.9 Å². The van der Waals surface area contributed by atoms with Crippen molar-refractivity contribution >= 4 is 11.6 Å². The summed E-state index contributed by atoms with van der Waals surface area (Å²) < 4.78 is 16.4. The predicted molar refractivity (Wildman–Crippen MR) is 75.6 cm³/mol. The van der Waals surface area contributed by atoms with Crippen molar-refractivity contribution in [3.63, 3.8) is 0 Å². The average molecular weight is 299 g/mol. The van der Waals surface area contributed by atoms with Gasteiger partial charge >= 0.3 is 0 Å². The molecule has 2 aliphatic heterocycles. The second-order valence-electron chi connectivity index (χ2n) is 5.33. The molecule has 2 aliphatic rings. The van der Waals surface area contributed by atoms with Gasteiger partial charge in [-0.05, 0) is 42.9 Å². The van der Waals surface area contributed by atoms with Crippen molar-refractivity contribution in [2.24, 2.45) is 5.92 Å². The van der Waals surface area contributed by atoms with Crippen molar-refractivity contribution in [2.75, 3.05) is 26.4 Å². The van der Waals surface area contributed by atoms with Crippen molar-refractivity contribution in [1.29, 1.82) is 0 Å². The molecule has 4 nitrogen and oxygen atoms in total. The van der Waals surface area contributed by atoms with Gasteiger partial charge in [0.2, 0.25) is 0 Å². The van der Waals surface area contributed by atoms with Gasteiger partial charge in [-0.3, -0.25) is 0 Å². The maximum absolute atomic E-state index is 10.4. The van der Waals surface area contributed by atoms with Gasteiger partial charge in [-0.1, -0.05) is 11.6 Å². The molecule has 0 aromatic heterocycles. The molecule has 1 unspecified atom stereocenters. The highest BCUT2D eigenvalue weighted by molar-refractivity contribution is 6.32. The zero-order valence-corrected chi connectivity index (χ0v) is 12.1. The van der Waals surface area contributed by atoms with Crippen LogP contribution >= 0.6 is 11.6 Å². The monoisotopic (exact) mass is 298 g/mol. The zero-order valence-electron chi connectivity index (χ0n) is 11.3. The topological polar surface area (TPSA) is 47.9 Å². The van der Waals surface area contributed by atoms with E-state index in [4.69, 9.17) is 25.8 Å². The largest absolute Gasteiger partial charge is 0.486 e. The van der Waals surface area contributed by atoms with Gasteiger partial charge in [-0.15, -0.1) is 0 Å². The molecule has 0 spiro atoms. The normalized spacial score (nSPS) is 20.7. The lowest BCUT2D eigenvalue weighted by molar-refractivity contribution is 0.0434. The number of fused-ring (bicyclic) bond motifs is 1.